The van der Waals surface area contributed by atoms with E-state index >= 15 is 0 Å². The number of fused-ring (bicyclic) bond motifs is 1. The highest BCUT2D eigenvalue weighted by molar-refractivity contribution is 5.94. The second kappa shape index (κ2) is 4.41. The van der Waals surface area contributed by atoms with Crippen molar-refractivity contribution in [1.82, 2.24) is 15.2 Å². The maximum Gasteiger partial charge on any atom is 0.260 e. The average Bonchev–Trinajstić information content (AvgIpc) is 2.47. The number of pyridine rings is 1. The Morgan fingerprint density at radius 1 is 0.944 bits per heavy atom. The lowest BCUT2D eigenvalue weighted by atomic mass is 10.1. The van der Waals surface area contributed by atoms with Crippen molar-refractivity contribution in [2.75, 3.05) is 7.11 Å². The van der Waals surface area contributed by atoms with E-state index in [0.717, 1.165) is 22.2 Å². The van der Waals surface area contributed by atoms with Gasteiger partial charge >= 0.3 is 0 Å². The normalized spacial score (nSPS) is 10.5. The number of nitrogens with zero attached hydrogens (tertiary/aromatic N) is 3. The lowest BCUT2D eigenvalue weighted by Crippen LogP contribution is -1.96. The number of hydrogen-bond acceptors (Lipinski definition) is 4. The maximum absolute atomic E-state index is 5.18. The standard InChI is InChI=1S/C14H11N3O/c1-18-14-13-11(8-5-9-15-13)12(16-17-14)10-6-3-2-4-7-10/h2-9H,1H3. The van der Waals surface area contributed by atoms with Gasteiger partial charge in [-0.3, -0.25) is 4.98 Å². The second-order valence-corrected chi connectivity index (χ2v) is 3.82. The molecule has 18 heavy (non-hydrogen) atoms. The molecule has 0 unspecified atom stereocenters. The molecular weight excluding hydrogens is 226 g/mol. The van der Waals surface area contributed by atoms with Crippen molar-refractivity contribution in [1.29, 1.82) is 0 Å². The number of hydrogen-bond donors (Lipinski definition) is 0. The van der Waals surface area contributed by atoms with Crippen molar-refractivity contribution in [2.24, 2.45) is 0 Å². The molecule has 0 aliphatic carbocycles. The summed E-state index contributed by atoms with van der Waals surface area (Å²) in [5.74, 6) is 0.449. The van der Waals surface area contributed by atoms with Crippen molar-refractivity contribution >= 4 is 10.9 Å². The van der Waals surface area contributed by atoms with Crippen LogP contribution >= 0.6 is 0 Å². The smallest absolute Gasteiger partial charge is 0.260 e. The third kappa shape index (κ3) is 1.68. The first-order valence-corrected chi connectivity index (χ1v) is 5.61. The maximum atomic E-state index is 5.18. The van der Waals surface area contributed by atoms with Gasteiger partial charge in [0.1, 0.15) is 11.2 Å². The van der Waals surface area contributed by atoms with Crippen LogP contribution in [0.3, 0.4) is 0 Å². The van der Waals surface area contributed by atoms with Crippen LogP contribution in [0, 0.1) is 0 Å². The molecule has 4 nitrogen and oxygen atoms in total. The van der Waals surface area contributed by atoms with Gasteiger partial charge in [-0.2, -0.15) is 0 Å². The van der Waals surface area contributed by atoms with Crippen molar-refractivity contribution in [3.05, 3.63) is 48.7 Å². The van der Waals surface area contributed by atoms with Crippen molar-refractivity contribution < 1.29 is 4.74 Å². The van der Waals surface area contributed by atoms with E-state index in [1.807, 2.05) is 42.5 Å². The Morgan fingerprint density at radius 3 is 2.56 bits per heavy atom. The Bertz CT molecular complexity index is 683. The van der Waals surface area contributed by atoms with Gasteiger partial charge in [0.15, 0.2) is 0 Å². The Hall–Kier alpha value is -2.49. The largest absolute Gasteiger partial charge is 0.478 e. The Morgan fingerprint density at radius 2 is 1.78 bits per heavy atom. The summed E-state index contributed by atoms with van der Waals surface area (Å²) in [6.07, 6.45) is 1.72. The van der Waals surface area contributed by atoms with Crippen LogP contribution in [0.25, 0.3) is 22.2 Å². The SMILES string of the molecule is COc1nnc(-c2ccccc2)c2cccnc12. The topological polar surface area (TPSA) is 47.9 Å². The average molecular weight is 237 g/mol. The first kappa shape index (κ1) is 10.7. The van der Waals surface area contributed by atoms with Gasteiger partial charge in [0.2, 0.25) is 0 Å². The molecule has 0 fully saturated rings. The molecule has 2 heterocycles. The first-order valence-electron chi connectivity index (χ1n) is 5.61. The molecule has 0 aliphatic rings. The molecule has 2 aromatic heterocycles. The molecule has 0 amide bonds. The fourth-order valence-electron chi connectivity index (χ4n) is 1.91. The quantitative estimate of drug-likeness (QED) is 0.687. The summed E-state index contributed by atoms with van der Waals surface area (Å²) in [5.41, 5.74) is 2.57. The van der Waals surface area contributed by atoms with Gasteiger partial charge in [0.25, 0.3) is 5.88 Å². The number of ether oxygens (including phenoxy) is 1. The Labute approximate surface area is 104 Å². The minimum absolute atomic E-state index is 0.449. The van der Waals surface area contributed by atoms with Crippen LogP contribution in [0.5, 0.6) is 5.88 Å². The minimum Gasteiger partial charge on any atom is -0.478 e. The first-order chi connectivity index (χ1) is 8.90. The fraction of sp³-hybridized carbons (Fsp3) is 0.0714. The van der Waals surface area contributed by atoms with Crippen LogP contribution < -0.4 is 4.74 Å². The van der Waals surface area contributed by atoms with E-state index in [-0.39, 0.29) is 0 Å². The monoisotopic (exact) mass is 237 g/mol. The van der Waals surface area contributed by atoms with Crippen molar-refractivity contribution in [3.63, 3.8) is 0 Å². The van der Waals surface area contributed by atoms with Gasteiger partial charge in [-0.15, -0.1) is 10.2 Å². The van der Waals surface area contributed by atoms with Crippen LogP contribution in [-0.4, -0.2) is 22.3 Å². The summed E-state index contributed by atoms with van der Waals surface area (Å²) in [4.78, 5) is 4.31. The van der Waals surface area contributed by atoms with Crippen molar-refractivity contribution in [3.8, 4) is 17.1 Å². The summed E-state index contributed by atoms with van der Waals surface area (Å²) in [6.45, 7) is 0. The zero-order valence-corrected chi connectivity index (χ0v) is 9.87. The summed E-state index contributed by atoms with van der Waals surface area (Å²) >= 11 is 0. The van der Waals surface area contributed by atoms with E-state index in [9.17, 15) is 0 Å². The lowest BCUT2D eigenvalue weighted by Gasteiger charge is -2.07. The third-order valence-electron chi connectivity index (χ3n) is 2.75. The van der Waals surface area contributed by atoms with E-state index in [0.29, 0.717) is 5.88 Å². The van der Waals surface area contributed by atoms with Crippen molar-refractivity contribution in [2.45, 2.75) is 0 Å². The molecule has 4 heteroatoms. The fourth-order valence-corrected chi connectivity index (χ4v) is 1.91. The molecule has 0 spiro atoms. The molecule has 0 bridgehead atoms. The molecule has 0 N–H and O–H groups in total. The predicted molar refractivity (Wildman–Crippen MR) is 69.3 cm³/mol. The highest BCUT2D eigenvalue weighted by Crippen LogP contribution is 2.28. The highest BCUT2D eigenvalue weighted by Gasteiger charge is 2.11. The summed E-state index contributed by atoms with van der Waals surface area (Å²) in [7, 11) is 1.57. The van der Waals surface area contributed by atoms with Crippen LogP contribution in [0.2, 0.25) is 0 Å². The van der Waals surface area contributed by atoms with Crippen LogP contribution in [0.15, 0.2) is 48.7 Å². The van der Waals surface area contributed by atoms with Gasteiger partial charge < -0.3 is 4.74 Å². The zero-order valence-electron chi connectivity index (χ0n) is 9.87. The lowest BCUT2D eigenvalue weighted by molar-refractivity contribution is 0.397. The Kier molecular flexibility index (Phi) is 2.61. The number of aromatic nitrogens is 3. The van der Waals surface area contributed by atoms with Gasteiger partial charge in [-0.1, -0.05) is 30.3 Å². The van der Waals surface area contributed by atoms with Crippen LogP contribution in [-0.2, 0) is 0 Å². The molecule has 1 aromatic carbocycles. The molecule has 3 aromatic rings. The van der Waals surface area contributed by atoms with E-state index in [1.54, 1.807) is 13.3 Å². The van der Waals surface area contributed by atoms with Crippen LogP contribution in [0.1, 0.15) is 0 Å². The molecule has 0 saturated heterocycles. The minimum atomic E-state index is 0.449. The van der Waals surface area contributed by atoms with Gasteiger partial charge in [0, 0.05) is 17.1 Å². The predicted octanol–water partition coefficient (Wildman–Crippen LogP) is 2.70. The molecular formula is C14H11N3O. The van der Waals surface area contributed by atoms with E-state index in [1.165, 1.54) is 0 Å². The number of benzene rings is 1. The van der Waals surface area contributed by atoms with E-state index in [2.05, 4.69) is 15.2 Å². The Balaban J connectivity index is 2.32. The molecule has 0 radical (unpaired) electrons. The van der Waals surface area contributed by atoms with Gasteiger partial charge in [-0.05, 0) is 12.1 Å². The third-order valence-corrected chi connectivity index (χ3v) is 2.75. The summed E-state index contributed by atoms with van der Waals surface area (Å²) < 4.78 is 5.18. The molecule has 3 rings (SSSR count). The van der Waals surface area contributed by atoms with E-state index in [4.69, 9.17) is 4.74 Å². The van der Waals surface area contributed by atoms with Gasteiger partial charge in [0.05, 0.1) is 7.11 Å². The number of rotatable bonds is 2. The summed E-state index contributed by atoms with van der Waals surface area (Å²) in [5, 5.41) is 9.24. The second-order valence-electron chi connectivity index (χ2n) is 3.82. The highest BCUT2D eigenvalue weighted by atomic mass is 16.5. The van der Waals surface area contributed by atoms with Crippen LogP contribution in [0.4, 0.5) is 0 Å². The molecule has 0 atom stereocenters. The molecule has 88 valence electrons. The van der Waals surface area contributed by atoms with Gasteiger partial charge in [-0.25, -0.2) is 0 Å². The molecule has 0 saturated carbocycles. The number of methoxy groups -OCH3 is 1. The molecule has 0 aliphatic heterocycles. The zero-order chi connectivity index (χ0) is 12.4. The summed E-state index contributed by atoms with van der Waals surface area (Å²) in [6, 6.07) is 13.8. The van der Waals surface area contributed by atoms with E-state index < -0.39 is 0 Å².